The molecule has 0 aliphatic carbocycles. The molecule has 0 radical (unpaired) electrons. The molecule has 2 atom stereocenters. The van der Waals surface area contributed by atoms with Gasteiger partial charge in [-0.3, -0.25) is 4.79 Å². The Bertz CT molecular complexity index is 269. The van der Waals surface area contributed by atoms with Gasteiger partial charge in [0.2, 0.25) is 0 Å². The number of hydrogen-bond acceptors (Lipinski definition) is 3. The molecule has 2 heterocycles. The summed E-state index contributed by atoms with van der Waals surface area (Å²) in [4.78, 5) is 14.5. The zero-order valence-corrected chi connectivity index (χ0v) is 11.7. The van der Waals surface area contributed by atoms with Gasteiger partial charge in [-0.2, -0.15) is 0 Å². The lowest BCUT2D eigenvalue weighted by Crippen LogP contribution is -2.47. The van der Waals surface area contributed by atoms with Crippen molar-refractivity contribution < 1.29 is 9.53 Å². The van der Waals surface area contributed by atoms with Crippen LogP contribution in [-0.2, 0) is 9.53 Å². The van der Waals surface area contributed by atoms with Gasteiger partial charge in [0.1, 0.15) is 6.10 Å². The highest BCUT2D eigenvalue weighted by molar-refractivity contribution is 5.81. The number of ether oxygens (including phenoxy) is 1. The van der Waals surface area contributed by atoms with E-state index in [1.54, 1.807) is 0 Å². The Hall–Kier alpha value is -0.610. The highest BCUT2D eigenvalue weighted by Gasteiger charge is 2.31. The van der Waals surface area contributed by atoms with Gasteiger partial charge in [0.25, 0.3) is 5.91 Å². The van der Waals surface area contributed by atoms with Crippen molar-refractivity contribution in [2.75, 3.05) is 26.2 Å². The van der Waals surface area contributed by atoms with Crippen molar-refractivity contribution in [3.05, 3.63) is 0 Å². The van der Waals surface area contributed by atoms with Crippen LogP contribution in [0.15, 0.2) is 0 Å². The maximum atomic E-state index is 12.4. The summed E-state index contributed by atoms with van der Waals surface area (Å²) in [5, 5.41) is 3.42. The van der Waals surface area contributed by atoms with Crippen LogP contribution in [0.3, 0.4) is 0 Å². The van der Waals surface area contributed by atoms with Crippen molar-refractivity contribution in [1.82, 2.24) is 10.2 Å². The van der Waals surface area contributed by atoms with E-state index in [0.29, 0.717) is 5.92 Å². The number of amides is 1. The van der Waals surface area contributed by atoms with Crippen molar-refractivity contribution in [3.63, 3.8) is 0 Å². The van der Waals surface area contributed by atoms with E-state index < -0.39 is 0 Å². The average Bonchev–Trinajstić information content (AvgIpc) is 2.90. The molecular weight excluding hydrogens is 228 g/mol. The zero-order chi connectivity index (χ0) is 13.0. The first kappa shape index (κ1) is 13.8. The summed E-state index contributed by atoms with van der Waals surface area (Å²) in [5.41, 5.74) is 0. The van der Waals surface area contributed by atoms with Crippen LogP contribution in [0.25, 0.3) is 0 Å². The summed E-state index contributed by atoms with van der Waals surface area (Å²) in [6.07, 6.45) is 4.20. The fourth-order valence-corrected chi connectivity index (χ4v) is 2.87. The first-order valence-corrected chi connectivity index (χ1v) is 7.31. The Morgan fingerprint density at radius 1 is 1.39 bits per heavy atom. The Labute approximate surface area is 110 Å². The van der Waals surface area contributed by atoms with Crippen LogP contribution in [0.1, 0.15) is 39.5 Å². The number of carbonyl (C=O) groups is 1. The predicted molar refractivity (Wildman–Crippen MR) is 71.4 cm³/mol. The van der Waals surface area contributed by atoms with Crippen LogP contribution < -0.4 is 5.32 Å². The van der Waals surface area contributed by atoms with Gasteiger partial charge < -0.3 is 15.0 Å². The minimum atomic E-state index is -0.177. The van der Waals surface area contributed by atoms with Crippen molar-refractivity contribution in [1.29, 1.82) is 0 Å². The van der Waals surface area contributed by atoms with Crippen LogP contribution in [0, 0.1) is 5.92 Å². The molecule has 104 valence electrons. The molecule has 2 aliphatic rings. The van der Waals surface area contributed by atoms with Crippen LogP contribution in [0.5, 0.6) is 0 Å². The molecule has 2 rings (SSSR count). The Kier molecular flexibility index (Phi) is 5.01. The molecule has 2 aliphatic heterocycles. The van der Waals surface area contributed by atoms with E-state index in [-0.39, 0.29) is 18.1 Å². The van der Waals surface area contributed by atoms with Crippen LogP contribution in [0.2, 0.25) is 0 Å². The minimum Gasteiger partial charge on any atom is -0.368 e. The molecular formula is C14H26N2O2. The summed E-state index contributed by atoms with van der Waals surface area (Å²) >= 11 is 0. The quantitative estimate of drug-likeness (QED) is 0.824. The van der Waals surface area contributed by atoms with E-state index in [9.17, 15) is 4.79 Å². The Morgan fingerprint density at radius 2 is 2.22 bits per heavy atom. The first-order chi connectivity index (χ1) is 8.68. The molecule has 2 unspecified atom stereocenters. The third-order valence-electron chi connectivity index (χ3n) is 3.97. The first-order valence-electron chi connectivity index (χ1n) is 7.31. The third kappa shape index (κ3) is 3.45. The SMILES string of the molecule is CC(C)N(CC1CCCNC1)C(=O)C1CCCO1. The summed E-state index contributed by atoms with van der Waals surface area (Å²) in [6.45, 7) is 7.99. The van der Waals surface area contributed by atoms with Gasteiger partial charge in [-0.1, -0.05) is 0 Å². The fourth-order valence-electron chi connectivity index (χ4n) is 2.87. The molecule has 1 N–H and O–H groups in total. The summed E-state index contributed by atoms with van der Waals surface area (Å²) in [5.74, 6) is 0.805. The second kappa shape index (κ2) is 6.53. The molecule has 0 aromatic carbocycles. The Balaban J connectivity index is 1.91. The van der Waals surface area contributed by atoms with E-state index in [4.69, 9.17) is 4.74 Å². The summed E-state index contributed by atoms with van der Waals surface area (Å²) < 4.78 is 5.53. The average molecular weight is 254 g/mol. The van der Waals surface area contributed by atoms with Gasteiger partial charge in [0.15, 0.2) is 0 Å². The molecule has 0 aromatic rings. The number of nitrogens with one attached hydrogen (secondary N) is 1. The van der Waals surface area contributed by atoms with Gasteiger partial charge in [-0.05, 0) is 58.5 Å². The van der Waals surface area contributed by atoms with Crippen LogP contribution >= 0.6 is 0 Å². The number of nitrogens with zero attached hydrogens (tertiary/aromatic N) is 1. The molecule has 18 heavy (non-hydrogen) atoms. The van der Waals surface area contributed by atoms with Crippen molar-refractivity contribution in [3.8, 4) is 0 Å². The maximum Gasteiger partial charge on any atom is 0.251 e. The minimum absolute atomic E-state index is 0.177. The summed E-state index contributed by atoms with van der Waals surface area (Å²) in [6, 6.07) is 0.267. The van der Waals surface area contributed by atoms with Gasteiger partial charge in [-0.25, -0.2) is 0 Å². The van der Waals surface area contributed by atoms with E-state index >= 15 is 0 Å². The molecule has 0 spiro atoms. The van der Waals surface area contributed by atoms with Gasteiger partial charge in [0, 0.05) is 19.2 Å². The van der Waals surface area contributed by atoms with E-state index in [2.05, 4.69) is 19.2 Å². The second-order valence-corrected chi connectivity index (χ2v) is 5.80. The topological polar surface area (TPSA) is 41.6 Å². The number of hydrogen-bond donors (Lipinski definition) is 1. The van der Waals surface area contributed by atoms with Crippen molar-refractivity contribution >= 4 is 5.91 Å². The smallest absolute Gasteiger partial charge is 0.251 e. The molecule has 0 bridgehead atoms. The highest BCUT2D eigenvalue weighted by atomic mass is 16.5. The van der Waals surface area contributed by atoms with Gasteiger partial charge in [-0.15, -0.1) is 0 Å². The normalized spacial score (nSPS) is 28.6. The molecule has 4 heteroatoms. The molecule has 4 nitrogen and oxygen atoms in total. The van der Waals surface area contributed by atoms with Gasteiger partial charge >= 0.3 is 0 Å². The standard InChI is InChI=1S/C14H26N2O2/c1-11(2)16(10-12-5-3-7-15-9-12)14(17)13-6-4-8-18-13/h11-13,15H,3-10H2,1-2H3. The fraction of sp³-hybridized carbons (Fsp3) is 0.929. The highest BCUT2D eigenvalue weighted by Crippen LogP contribution is 2.19. The van der Waals surface area contributed by atoms with Crippen LogP contribution in [-0.4, -0.2) is 49.2 Å². The van der Waals surface area contributed by atoms with E-state index in [0.717, 1.165) is 39.1 Å². The number of piperidine rings is 1. The van der Waals surface area contributed by atoms with E-state index in [1.807, 2.05) is 4.90 Å². The number of carbonyl (C=O) groups excluding carboxylic acids is 1. The predicted octanol–water partition coefficient (Wildman–Crippen LogP) is 1.40. The lowest BCUT2D eigenvalue weighted by Gasteiger charge is -2.34. The van der Waals surface area contributed by atoms with Gasteiger partial charge in [0.05, 0.1) is 0 Å². The largest absolute Gasteiger partial charge is 0.368 e. The summed E-state index contributed by atoms with van der Waals surface area (Å²) in [7, 11) is 0. The lowest BCUT2D eigenvalue weighted by atomic mass is 9.98. The van der Waals surface area contributed by atoms with E-state index in [1.165, 1.54) is 12.8 Å². The zero-order valence-electron chi connectivity index (χ0n) is 11.7. The molecule has 0 aromatic heterocycles. The Morgan fingerprint density at radius 3 is 2.78 bits per heavy atom. The molecule has 1 amide bonds. The van der Waals surface area contributed by atoms with Crippen LogP contribution in [0.4, 0.5) is 0 Å². The third-order valence-corrected chi connectivity index (χ3v) is 3.97. The van der Waals surface area contributed by atoms with Crippen molar-refractivity contribution in [2.45, 2.75) is 51.7 Å². The lowest BCUT2D eigenvalue weighted by molar-refractivity contribution is -0.143. The molecule has 2 saturated heterocycles. The second-order valence-electron chi connectivity index (χ2n) is 5.80. The van der Waals surface area contributed by atoms with Crippen molar-refractivity contribution in [2.24, 2.45) is 5.92 Å². The monoisotopic (exact) mass is 254 g/mol. The number of rotatable bonds is 4. The molecule has 2 fully saturated rings. The molecule has 0 saturated carbocycles. The maximum absolute atomic E-state index is 12.4.